The minimum absolute atomic E-state index is 0.219. The zero-order valence-electron chi connectivity index (χ0n) is 9.75. The average molecular weight is 264 g/mol. The zero-order chi connectivity index (χ0) is 13.0. The molecule has 2 aromatic rings. The highest BCUT2D eigenvalue weighted by molar-refractivity contribution is 7.98. The van der Waals surface area contributed by atoms with Gasteiger partial charge in [0.2, 0.25) is 0 Å². The molecule has 4 nitrogen and oxygen atoms in total. The molecule has 0 atom stereocenters. The number of hydrogen-bond donors (Lipinski definition) is 1. The Kier molecular flexibility index (Phi) is 3.94. The average Bonchev–Trinajstić information content (AvgIpc) is 2.85. The molecule has 1 N–H and O–H groups in total. The fourth-order valence-electron chi connectivity index (χ4n) is 1.46. The standard InChI is InChI=1S/C13H12O4S/c1-16-9-2-4-10(5-3-9)18-8-12-11(13(14)15)6-7-17-12/h2-7H,8H2,1H3,(H,14,15). The third kappa shape index (κ3) is 2.87. The molecule has 1 aromatic carbocycles. The molecule has 1 aromatic heterocycles. The first kappa shape index (κ1) is 12.6. The predicted molar refractivity (Wildman–Crippen MR) is 68.2 cm³/mol. The van der Waals surface area contributed by atoms with E-state index >= 15 is 0 Å². The summed E-state index contributed by atoms with van der Waals surface area (Å²) in [5.41, 5.74) is 0.219. The van der Waals surface area contributed by atoms with Gasteiger partial charge in [0.25, 0.3) is 0 Å². The Hall–Kier alpha value is -1.88. The van der Waals surface area contributed by atoms with Crippen LogP contribution in [0.15, 0.2) is 45.9 Å². The van der Waals surface area contributed by atoms with Crippen LogP contribution < -0.4 is 4.74 Å². The van der Waals surface area contributed by atoms with Crippen molar-refractivity contribution in [3.63, 3.8) is 0 Å². The third-order valence-electron chi connectivity index (χ3n) is 2.41. The van der Waals surface area contributed by atoms with Crippen molar-refractivity contribution in [1.29, 1.82) is 0 Å². The number of carbonyl (C=O) groups is 1. The van der Waals surface area contributed by atoms with Crippen LogP contribution in [0, 0.1) is 0 Å². The highest BCUT2D eigenvalue weighted by Crippen LogP contribution is 2.26. The fourth-order valence-corrected chi connectivity index (χ4v) is 2.31. The predicted octanol–water partition coefficient (Wildman–Crippen LogP) is 3.28. The molecule has 5 heteroatoms. The van der Waals surface area contributed by atoms with Gasteiger partial charge in [-0.25, -0.2) is 4.79 Å². The van der Waals surface area contributed by atoms with E-state index < -0.39 is 5.97 Å². The lowest BCUT2D eigenvalue weighted by atomic mass is 10.3. The lowest BCUT2D eigenvalue weighted by Crippen LogP contribution is -1.97. The normalized spacial score (nSPS) is 10.3. The molecule has 0 radical (unpaired) electrons. The van der Waals surface area contributed by atoms with E-state index in [-0.39, 0.29) is 5.56 Å². The van der Waals surface area contributed by atoms with E-state index in [0.29, 0.717) is 11.5 Å². The van der Waals surface area contributed by atoms with E-state index in [0.717, 1.165) is 10.6 Å². The molecule has 0 aliphatic carbocycles. The smallest absolute Gasteiger partial charge is 0.339 e. The molecule has 0 unspecified atom stereocenters. The lowest BCUT2D eigenvalue weighted by Gasteiger charge is -2.02. The summed E-state index contributed by atoms with van der Waals surface area (Å²) < 4.78 is 10.2. The van der Waals surface area contributed by atoms with Crippen LogP contribution in [0.3, 0.4) is 0 Å². The number of ether oxygens (including phenoxy) is 1. The Morgan fingerprint density at radius 1 is 1.33 bits per heavy atom. The second kappa shape index (κ2) is 5.64. The number of methoxy groups -OCH3 is 1. The Morgan fingerprint density at radius 2 is 2.06 bits per heavy atom. The van der Waals surface area contributed by atoms with Crippen molar-refractivity contribution in [2.24, 2.45) is 0 Å². The molecule has 0 spiro atoms. The van der Waals surface area contributed by atoms with E-state index in [1.807, 2.05) is 24.3 Å². The summed E-state index contributed by atoms with van der Waals surface area (Å²) in [6.45, 7) is 0. The first-order valence-corrected chi connectivity index (χ1v) is 6.26. The molecule has 0 fully saturated rings. The first-order valence-electron chi connectivity index (χ1n) is 5.27. The van der Waals surface area contributed by atoms with Crippen molar-refractivity contribution >= 4 is 17.7 Å². The number of furan rings is 1. The molecule has 0 amide bonds. The molecule has 0 saturated carbocycles. The van der Waals surface area contributed by atoms with Gasteiger partial charge in [-0.2, -0.15) is 0 Å². The summed E-state index contributed by atoms with van der Waals surface area (Å²) in [4.78, 5) is 11.9. The SMILES string of the molecule is COc1ccc(SCc2occc2C(=O)O)cc1. The van der Waals surface area contributed by atoms with Crippen LogP contribution in [0.25, 0.3) is 0 Å². The van der Waals surface area contributed by atoms with Gasteiger partial charge in [-0.15, -0.1) is 11.8 Å². The number of thioether (sulfide) groups is 1. The highest BCUT2D eigenvalue weighted by Gasteiger charge is 2.13. The maximum atomic E-state index is 10.9. The van der Waals surface area contributed by atoms with Gasteiger partial charge >= 0.3 is 5.97 Å². The maximum absolute atomic E-state index is 10.9. The second-order valence-electron chi connectivity index (χ2n) is 3.53. The van der Waals surface area contributed by atoms with Crippen LogP contribution in [0.2, 0.25) is 0 Å². The maximum Gasteiger partial charge on any atom is 0.339 e. The van der Waals surface area contributed by atoms with Crippen LogP contribution in [0.1, 0.15) is 16.1 Å². The topological polar surface area (TPSA) is 59.7 Å². The molecule has 1 heterocycles. The van der Waals surface area contributed by atoms with Crippen LogP contribution >= 0.6 is 11.8 Å². The number of rotatable bonds is 5. The Labute approximate surface area is 109 Å². The van der Waals surface area contributed by atoms with E-state index in [9.17, 15) is 4.79 Å². The quantitative estimate of drug-likeness (QED) is 0.840. The molecule has 0 aliphatic heterocycles. The summed E-state index contributed by atoms with van der Waals surface area (Å²) >= 11 is 1.52. The number of hydrogen-bond acceptors (Lipinski definition) is 4. The van der Waals surface area contributed by atoms with Gasteiger partial charge in [-0.3, -0.25) is 0 Å². The van der Waals surface area contributed by atoms with Crippen molar-refractivity contribution < 1.29 is 19.1 Å². The van der Waals surface area contributed by atoms with Crippen molar-refractivity contribution in [1.82, 2.24) is 0 Å². The lowest BCUT2D eigenvalue weighted by molar-refractivity contribution is 0.0695. The second-order valence-corrected chi connectivity index (χ2v) is 4.58. The molecular weight excluding hydrogens is 252 g/mol. The van der Waals surface area contributed by atoms with Crippen LogP contribution in [-0.4, -0.2) is 18.2 Å². The van der Waals surface area contributed by atoms with Crippen LogP contribution in [0.5, 0.6) is 5.75 Å². The van der Waals surface area contributed by atoms with Gasteiger partial charge < -0.3 is 14.3 Å². The summed E-state index contributed by atoms with van der Waals surface area (Å²) in [5, 5.41) is 8.93. The molecule has 94 valence electrons. The number of carboxylic acids is 1. The fraction of sp³-hybridized carbons (Fsp3) is 0.154. The van der Waals surface area contributed by atoms with Crippen molar-refractivity contribution in [2.45, 2.75) is 10.6 Å². The largest absolute Gasteiger partial charge is 0.497 e. The molecule has 2 rings (SSSR count). The third-order valence-corrected chi connectivity index (χ3v) is 3.42. The van der Waals surface area contributed by atoms with Crippen molar-refractivity contribution in [2.75, 3.05) is 7.11 Å². The van der Waals surface area contributed by atoms with E-state index in [1.54, 1.807) is 7.11 Å². The van der Waals surface area contributed by atoms with Gasteiger partial charge in [-0.1, -0.05) is 0 Å². The van der Waals surface area contributed by atoms with Crippen molar-refractivity contribution in [3.8, 4) is 5.75 Å². The minimum atomic E-state index is -0.964. The summed E-state index contributed by atoms with van der Waals surface area (Å²) in [7, 11) is 1.62. The van der Waals surface area contributed by atoms with Crippen LogP contribution in [-0.2, 0) is 5.75 Å². The summed E-state index contributed by atoms with van der Waals surface area (Å²) in [6.07, 6.45) is 1.40. The van der Waals surface area contributed by atoms with E-state index in [2.05, 4.69) is 0 Å². The van der Waals surface area contributed by atoms with Crippen LogP contribution in [0.4, 0.5) is 0 Å². The first-order chi connectivity index (χ1) is 8.70. The monoisotopic (exact) mass is 264 g/mol. The summed E-state index contributed by atoms with van der Waals surface area (Å²) in [6, 6.07) is 9.04. The van der Waals surface area contributed by atoms with Gasteiger partial charge in [0.15, 0.2) is 0 Å². The van der Waals surface area contributed by atoms with E-state index in [1.165, 1.54) is 24.1 Å². The molecule has 0 aliphatic rings. The Bertz CT molecular complexity index is 530. The van der Waals surface area contributed by atoms with E-state index in [4.69, 9.17) is 14.3 Å². The molecule has 18 heavy (non-hydrogen) atoms. The van der Waals surface area contributed by atoms with Gasteiger partial charge in [0.05, 0.1) is 19.1 Å². The Balaban J connectivity index is 2.02. The van der Waals surface area contributed by atoms with Gasteiger partial charge in [-0.05, 0) is 30.3 Å². The Morgan fingerprint density at radius 3 is 2.67 bits per heavy atom. The number of aromatic carboxylic acids is 1. The molecular formula is C13H12O4S. The van der Waals surface area contributed by atoms with Gasteiger partial charge in [0, 0.05) is 4.90 Å². The zero-order valence-corrected chi connectivity index (χ0v) is 10.6. The highest BCUT2D eigenvalue weighted by atomic mass is 32.2. The van der Waals surface area contributed by atoms with Gasteiger partial charge in [0.1, 0.15) is 17.1 Å². The minimum Gasteiger partial charge on any atom is -0.497 e. The molecule has 0 bridgehead atoms. The number of carboxylic acid groups (broad SMARTS) is 1. The molecule has 0 saturated heterocycles. The summed E-state index contributed by atoms with van der Waals surface area (Å²) in [5.74, 6) is 0.794. The number of benzene rings is 1. The van der Waals surface area contributed by atoms with Crippen molar-refractivity contribution in [3.05, 3.63) is 47.9 Å².